The third-order valence-electron chi connectivity index (χ3n) is 3.41. The van der Waals surface area contributed by atoms with E-state index in [1.807, 2.05) is 5.32 Å². The fourth-order valence-corrected chi connectivity index (χ4v) is 2.18. The van der Waals surface area contributed by atoms with E-state index in [2.05, 4.69) is 10.6 Å². The first-order valence-corrected chi connectivity index (χ1v) is 6.59. The minimum absolute atomic E-state index is 0.527. The van der Waals surface area contributed by atoms with Crippen LogP contribution in [0.2, 0.25) is 0 Å². The molecule has 1 aliphatic heterocycles. The quantitative estimate of drug-likeness (QED) is 0.678. The molecule has 1 saturated heterocycles. The van der Waals surface area contributed by atoms with Crippen LogP contribution in [0, 0.1) is 0 Å². The van der Waals surface area contributed by atoms with Crippen molar-refractivity contribution < 1.29 is 19.2 Å². The summed E-state index contributed by atoms with van der Waals surface area (Å²) in [5.41, 5.74) is -0.617. The Balaban J connectivity index is 2.16. The van der Waals surface area contributed by atoms with Gasteiger partial charge in [0.15, 0.2) is 0 Å². The standard InChI is InChI=1S/C14H16N4O4/c1-14(9-6-4-3-5-7-9)11(20)18(13(22)17-14)8-10(19)16-12(21)15-2/h3-7H,8H2,1-2H3,(H,17,22)(H2,15,16,19,21)/t14-/m1/s1. The highest BCUT2D eigenvalue weighted by molar-refractivity contribution is 6.10. The van der Waals surface area contributed by atoms with E-state index in [0.29, 0.717) is 5.56 Å². The second-order valence-corrected chi connectivity index (χ2v) is 4.94. The van der Waals surface area contributed by atoms with E-state index in [-0.39, 0.29) is 0 Å². The number of nitrogens with zero attached hydrogens (tertiary/aromatic N) is 1. The number of hydrogen-bond donors (Lipinski definition) is 3. The van der Waals surface area contributed by atoms with Crippen molar-refractivity contribution in [2.45, 2.75) is 12.5 Å². The lowest BCUT2D eigenvalue weighted by Gasteiger charge is -2.21. The van der Waals surface area contributed by atoms with Crippen molar-refractivity contribution in [3.63, 3.8) is 0 Å². The maximum atomic E-state index is 12.5. The van der Waals surface area contributed by atoms with Gasteiger partial charge in [-0.25, -0.2) is 9.59 Å². The molecule has 116 valence electrons. The van der Waals surface area contributed by atoms with Crippen LogP contribution in [-0.4, -0.2) is 42.4 Å². The van der Waals surface area contributed by atoms with E-state index in [9.17, 15) is 19.2 Å². The average molecular weight is 304 g/mol. The molecule has 3 N–H and O–H groups in total. The van der Waals surface area contributed by atoms with Gasteiger partial charge in [0.2, 0.25) is 5.91 Å². The van der Waals surface area contributed by atoms with Gasteiger partial charge in [-0.05, 0) is 12.5 Å². The lowest BCUT2D eigenvalue weighted by Crippen LogP contribution is -2.46. The first-order valence-electron chi connectivity index (χ1n) is 6.59. The van der Waals surface area contributed by atoms with Crippen molar-refractivity contribution in [2.75, 3.05) is 13.6 Å². The number of carbonyl (C=O) groups excluding carboxylic acids is 4. The highest BCUT2D eigenvalue weighted by Gasteiger charge is 2.49. The van der Waals surface area contributed by atoms with Crippen LogP contribution in [0.4, 0.5) is 9.59 Å². The number of benzene rings is 1. The number of hydrogen-bond acceptors (Lipinski definition) is 4. The summed E-state index contributed by atoms with van der Waals surface area (Å²) in [7, 11) is 1.35. The molecule has 2 rings (SSSR count). The summed E-state index contributed by atoms with van der Waals surface area (Å²) in [5.74, 6) is -1.30. The Morgan fingerprint density at radius 3 is 2.45 bits per heavy atom. The van der Waals surface area contributed by atoms with E-state index in [4.69, 9.17) is 0 Å². The van der Waals surface area contributed by atoms with E-state index in [0.717, 1.165) is 4.90 Å². The zero-order valence-electron chi connectivity index (χ0n) is 12.2. The first-order chi connectivity index (χ1) is 10.4. The van der Waals surface area contributed by atoms with Gasteiger partial charge in [0, 0.05) is 7.05 Å². The molecule has 1 heterocycles. The second-order valence-electron chi connectivity index (χ2n) is 4.94. The van der Waals surface area contributed by atoms with Crippen molar-refractivity contribution in [3.05, 3.63) is 35.9 Å². The van der Waals surface area contributed by atoms with Crippen LogP contribution in [0.1, 0.15) is 12.5 Å². The Labute approximate surface area is 126 Å². The molecule has 1 fully saturated rings. The summed E-state index contributed by atoms with van der Waals surface area (Å²) in [6, 6.07) is 7.34. The monoisotopic (exact) mass is 304 g/mol. The van der Waals surface area contributed by atoms with Gasteiger partial charge in [-0.3, -0.25) is 19.8 Å². The summed E-state index contributed by atoms with van der Waals surface area (Å²) in [6.07, 6.45) is 0. The Hall–Kier alpha value is -2.90. The van der Waals surface area contributed by atoms with Crippen LogP contribution < -0.4 is 16.0 Å². The molecule has 0 aromatic heterocycles. The third-order valence-corrected chi connectivity index (χ3v) is 3.41. The molecule has 0 aliphatic carbocycles. The SMILES string of the molecule is CNC(=O)NC(=O)CN1C(=O)N[C@](C)(c2ccccc2)C1=O. The fraction of sp³-hybridized carbons (Fsp3) is 0.286. The zero-order chi connectivity index (χ0) is 16.3. The molecule has 1 aromatic rings. The van der Waals surface area contributed by atoms with E-state index in [1.54, 1.807) is 37.3 Å². The molecule has 0 radical (unpaired) electrons. The zero-order valence-corrected chi connectivity index (χ0v) is 12.2. The van der Waals surface area contributed by atoms with Crippen LogP contribution in [0.25, 0.3) is 0 Å². The van der Waals surface area contributed by atoms with Gasteiger partial charge in [-0.1, -0.05) is 30.3 Å². The third kappa shape index (κ3) is 2.76. The largest absolute Gasteiger partial charge is 0.341 e. The summed E-state index contributed by atoms with van der Waals surface area (Å²) in [4.78, 5) is 48.0. The summed E-state index contributed by atoms with van der Waals surface area (Å²) in [5, 5.41) is 6.79. The van der Waals surface area contributed by atoms with Gasteiger partial charge in [0.1, 0.15) is 12.1 Å². The summed E-state index contributed by atoms with van der Waals surface area (Å²) < 4.78 is 0. The second kappa shape index (κ2) is 5.84. The molecule has 1 aliphatic rings. The van der Waals surface area contributed by atoms with Gasteiger partial charge in [0.25, 0.3) is 5.91 Å². The molecule has 1 aromatic carbocycles. The predicted octanol–water partition coefficient (Wildman–Crippen LogP) is -0.0908. The van der Waals surface area contributed by atoms with Crippen LogP contribution >= 0.6 is 0 Å². The van der Waals surface area contributed by atoms with Gasteiger partial charge < -0.3 is 10.6 Å². The van der Waals surface area contributed by atoms with E-state index >= 15 is 0 Å². The maximum absolute atomic E-state index is 12.5. The average Bonchev–Trinajstić information content (AvgIpc) is 2.72. The lowest BCUT2D eigenvalue weighted by atomic mass is 9.92. The van der Waals surface area contributed by atoms with Crippen molar-refractivity contribution in [1.29, 1.82) is 0 Å². The number of urea groups is 2. The molecule has 0 bridgehead atoms. The highest BCUT2D eigenvalue weighted by Crippen LogP contribution is 2.28. The molecule has 8 nitrogen and oxygen atoms in total. The van der Waals surface area contributed by atoms with Gasteiger partial charge in [-0.2, -0.15) is 0 Å². The van der Waals surface area contributed by atoms with Crippen LogP contribution in [0.3, 0.4) is 0 Å². The van der Waals surface area contributed by atoms with Crippen LogP contribution in [0.15, 0.2) is 30.3 Å². The van der Waals surface area contributed by atoms with Crippen molar-refractivity contribution >= 4 is 23.9 Å². The van der Waals surface area contributed by atoms with E-state index < -0.39 is 36.0 Å². The van der Waals surface area contributed by atoms with Crippen LogP contribution in [-0.2, 0) is 15.1 Å². The molecule has 6 amide bonds. The van der Waals surface area contributed by atoms with Crippen molar-refractivity contribution in [2.24, 2.45) is 0 Å². The smallest absolute Gasteiger partial charge is 0.325 e. The van der Waals surface area contributed by atoms with Crippen LogP contribution in [0.5, 0.6) is 0 Å². The highest BCUT2D eigenvalue weighted by atomic mass is 16.2. The number of carbonyl (C=O) groups is 4. The molecule has 0 saturated carbocycles. The molecular weight excluding hydrogens is 288 g/mol. The Kier molecular flexibility index (Phi) is 4.11. The number of imide groups is 2. The molecule has 0 spiro atoms. The van der Waals surface area contributed by atoms with Crippen molar-refractivity contribution in [3.8, 4) is 0 Å². The normalized spacial score (nSPS) is 20.5. The topological polar surface area (TPSA) is 108 Å². The Bertz CT molecular complexity index is 631. The molecule has 0 unspecified atom stereocenters. The minimum Gasteiger partial charge on any atom is -0.341 e. The predicted molar refractivity (Wildman–Crippen MR) is 76.6 cm³/mol. The van der Waals surface area contributed by atoms with E-state index in [1.165, 1.54) is 7.05 Å². The molecule has 22 heavy (non-hydrogen) atoms. The minimum atomic E-state index is -1.23. The fourth-order valence-electron chi connectivity index (χ4n) is 2.18. The Morgan fingerprint density at radius 2 is 1.86 bits per heavy atom. The summed E-state index contributed by atoms with van der Waals surface area (Å²) in [6.45, 7) is 1.04. The van der Waals surface area contributed by atoms with Gasteiger partial charge in [-0.15, -0.1) is 0 Å². The van der Waals surface area contributed by atoms with Crippen molar-refractivity contribution in [1.82, 2.24) is 20.9 Å². The van der Waals surface area contributed by atoms with Gasteiger partial charge in [0.05, 0.1) is 0 Å². The number of amides is 6. The Morgan fingerprint density at radius 1 is 1.23 bits per heavy atom. The van der Waals surface area contributed by atoms with Gasteiger partial charge >= 0.3 is 12.1 Å². The molecule has 1 atom stereocenters. The maximum Gasteiger partial charge on any atom is 0.325 e. The first kappa shape index (κ1) is 15.5. The molecular formula is C14H16N4O4. The molecule has 8 heteroatoms. The number of rotatable bonds is 3. The lowest BCUT2D eigenvalue weighted by molar-refractivity contribution is -0.134. The summed E-state index contributed by atoms with van der Waals surface area (Å²) >= 11 is 0. The number of nitrogens with one attached hydrogen (secondary N) is 3.